The Bertz CT molecular complexity index is 955. The van der Waals surface area contributed by atoms with Gasteiger partial charge in [-0.15, -0.1) is 0 Å². The van der Waals surface area contributed by atoms with Gasteiger partial charge in [0, 0.05) is 19.7 Å². The van der Waals surface area contributed by atoms with Gasteiger partial charge in [0.1, 0.15) is 0 Å². The molecule has 0 unspecified atom stereocenters. The van der Waals surface area contributed by atoms with Crippen LogP contribution in [0.5, 0.6) is 0 Å². The molecule has 122 valence electrons. The first-order valence-corrected chi connectivity index (χ1v) is 9.30. The predicted octanol–water partition coefficient (Wildman–Crippen LogP) is -1.04. The molecule has 0 amide bonds. The SMILES string of the molecule is CNS(=O)(=O)CCNS(=O)(=O)c1ccc2c(c1)oc(=O)n2C. The van der Waals surface area contributed by atoms with Gasteiger partial charge in [0.25, 0.3) is 0 Å². The maximum Gasteiger partial charge on any atom is 0.419 e. The molecule has 2 rings (SSSR count). The van der Waals surface area contributed by atoms with Crippen molar-refractivity contribution in [3.8, 4) is 0 Å². The number of hydrogen-bond donors (Lipinski definition) is 2. The van der Waals surface area contributed by atoms with Crippen LogP contribution < -0.4 is 15.2 Å². The van der Waals surface area contributed by atoms with Crippen molar-refractivity contribution >= 4 is 31.1 Å². The van der Waals surface area contributed by atoms with Crippen molar-refractivity contribution in [2.75, 3.05) is 19.3 Å². The van der Waals surface area contributed by atoms with E-state index in [-0.39, 0.29) is 22.8 Å². The fourth-order valence-electron chi connectivity index (χ4n) is 1.78. The molecule has 0 aliphatic rings. The second-order valence-electron chi connectivity index (χ2n) is 4.48. The highest BCUT2D eigenvalue weighted by atomic mass is 32.2. The molecule has 22 heavy (non-hydrogen) atoms. The van der Waals surface area contributed by atoms with E-state index in [1.54, 1.807) is 0 Å². The molecular weight excluding hydrogens is 334 g/mol. The highest BCUT2D eigenvalue weighted by molar-refractivity contribution is 7.90. The quantitative estimate of drug-likeness (QED) is 0.686. The zero-order valence-electron chi connectivity index (χ0n) is 11.9. The minimum atomic E-state index is -3.90. The molecule has 1 aromatic carbocycles. The van der Waals surface area contributed by atoms with Gasteiger partial charge in [0.15, 0.2) is 5.58 Å². The minimum Gasteiger partial charge on any atom is -0.408 e. The molecule has 0 bridgehead atoms. The Kier molecular flexibility index (Phi) is 4.42. The Hall–Kier alpha value is -1.69. The van der Waals surface area contributed by atoms with Gasteiger partial charge in [0.2, 0.25) is 20.0 Å². The largest absolute Gasteiger partial charge is 0.419 e. The lowest BCUT2D eigenvalue weighted by molar-refractivity contribution is 0.527. The number of fused-ring (bicyclic) bond motifs is 1. The van der Waals surface area contributed by atoms with Crippen molar-refractivity contribution in [1.29, 1.82) is 0 Å². The fourth-order valence-corrected chi connectivity index (χ4v) is 3.53. The number of benzene rings is 1. The summed E-state index contributed by atoms with van der Waals surface area (Å²) in [7, 11) is -4.65. The molecule has 0 radical (unpaired) electrons. The summed E-state index contributed by atoms with van der Waals surface area (Å²) in [6.45, 7) is -0.276. The van der Waals surface area contributed by atoms with E-state index in [1.165, 1.54) is 36.9 Å². The van der Waals surface area contributed by atoms with Gasteiger partial charge in [0.05, 0.1) is 16.2 Å². The average molecular weight is 349 g/mol. The predicted molar refractivity (Wildman–Crippen MR) is 79.5 cm³/mol. The molecule has 2 aromatic rings. The molecule has 2 N–H and O–H groups in total. The molecule has 1 heterocycles. The van der Waals surface area contributed by atoms with Crippen molar-refractivity contribution in [2.24, 2.45) is 7.05 Å². The number of sulfonamides is 2. The fraction of sp³-hybridized carbons (Fsp3) is 0.364. The van der Waals surface area contributed by atoms with Gasteiger partial charge in [-0.1, -0.05) is 0 Å². The molecule has 0 saturated carbocycles. The first kappa shape index (κ1) is 16.7. The minimum absolute atomic E-state index is 0.115. The standard InChI is InChI=1S/C11H15N3O6S2/c1-12-21(16,17)6-5-13-22(18,19)8-3-4-9-10(7-8)20-11(15)14(9)2/h3-4,7,12-13H,5-6H2,1-2H3. The first-order chi connectivity index (χ1) is 10.2. The van der Waals surface area contributed by atoms with Crippen LogP contribution in [0.1, 0.15) is 0 Å². The summed E-state index contributed by atoms with van der Waals surface area (Å²) in [5.41, 5.74) is 0.597. The molecule has 11 heteroatoms. The van der Waals surface area contributed by atoms with Gasteiger partial charge < -0.3 is 4.42 Å². The summed E-state index contributed by atoms with van der Waals surface area (Å²) in [6.07, 6.45) is 0. The van der Waals surface area contributed by atoms with Crippen molar-refractivity contribution < 1.29 is 21.3 Å². The van der Waals surface area contributed by atoms with Crippen molar-refractivity contribution in [2.45, 2.75) is 4.90 Å². The number of hydrogen-bond acceptors (Lipinski definition) is 6. The van der Waals surface area contributed by atoms with Crippen LogP contribution in [0.4, 0.5) is 0 Å². The first-order valence-electron chi connectivity index (χ1n) is 6.17. The Labute approximate surface area is 127 Å². The third-order valence-electron chi connectivity index (χ3n) is 3.05. The van der Waals surface area contributed by atoms with Crippen molar-refractivity contribution in [3.63, 3.8) is 0 Å². The van der Waals surface area contributed by atoms with E-state index in [4.69, 9.17) is 4.42 Å². The highest BCUT2D eigenvalue weighted by Gasteiger charge is 2.17. The monoisotopic (exact) mass is 349 g/mol. The van der Waals surface area contributed by atoms with Crippen molar-refractivity contribution in [3.05, 3.63) is 28.7 Å². The van der Waals surface area contributed by atoms with Gasteiger partial charge in [-0.3, -0.25) is 4.57 Å². The van der Waals surface area contributed by atoms with E-state index >= 15 is 0 Å². The Morgan fingerprint density at radius 2 is 1.91 bits per heavy atom. The molecule has 0 spiro atoms. The van der Waals surface area contributed by atoms with E-state index in [0.29, 0.717) is 5.52 Å². The van der Waals surface area contributed by atoms with Gasteiger partial charge >= 0.3 is 5.76 Å². The van der Waals surface area contributed by atoms with E-state index in [0.717, 1.165) is 0 Å². The molecule has 9 nitrogen and oxygen atoms in total. The van der Waals surface area contributed by atoms with Crippen LogP contribution in [0.25, 0.3) is 11.1 Å². The van der Waals surface area contributed by atoms with Crippen LogP contribution in [-0.4, -0.2) is 40.7 Å². The van der Waals surface area contributed by atoms with Gasteiger partial charge in [-0.2, -0.15) is 0 Å². The molecule has 0 aliphatic heterocycles. The number of rotatable bonds is 6. The third kappa shape index (κ3) is 3.38. The summed E-state index contributed by atoms with van der Waals surface area (Å²) in [5.74, 6) is -0.983. The second-order valence-corrected chi connectivity index (χ2v) is 8.29. The van der Waals surface area contributed by atoms with Crippen molar-refractivity contribution in [1.82, 2.24) is 14.0 Å². The summed E-state index contributed by atoms with van der Waals surface area (Å²) in [6, 6.07) is 3.97. The number of nitrogens with one attached hydrogen (secondary N) is 2. The van der Waals surface area contributed by atoms with E-state index in [2.05, 4.69) is 9.44 Å². The average Bonchev–Trinajstić information content (AvgIpc) is 2.73. The highest BCUT2D eigenvalue weighted by Crippen LogP contribution is 2.17. The molecule has 0 saturated heterocycles. The van der Waals surface area contributed by atoms with E-state index in [1.807, 2.05) is 0 Å². The Morgan fingerprint density at radius 3 is 2.55 bits per heavy atom. The van der Waals surface area contributed by atoms with Crippen LogP contribution in [0.2, 0.25) is 0 Å². The maximum absolute atomic E-state index is 12.1. The summed E-state index contributed by atoms with van der Waals surface area (Å²) >= 11 is 0. The van der Waals surface area contributed by atoms with Crippen LogP contribution >= 0.6 is 0 Å². The zero-order chi connectivity index (χ0) is 16.5. The summed E-state index contributed by atoms with van der Waals surface area (Å²) in [5, 5.41) is 0. The molecule has 0 atom stereocenters. The number of aromatic nitrogens is 1. The summed E-state index contributed by atoms with van der Waals surface area (Å²) < 4.78 is 57.1. The number of nitrogens with zero attached hydrogens (tertiary/aromatic N) is 1. The second kappa shape index (κ2) is 5.83. The number of aryl methyl sites for hydroxylation is 1. The lowest BCUT2D eigenvalue weighted by Gasteiger charge is -2.07. The number of oxazole rings is 1. The topological polar surface area (TPSA) is 127 Å². The van der Waals surface area contributed by atoms with E-state index < -0.39 is 25.8 Å². The lowest BCUT2D eigenvalue weighted by atomic mass is 10.3. The Balaban J connectivity index is 2.24. The summed E-state index contributed by atoms with van der Waals surface area (Å²) in [4.78, 5) is 11.3. The zero-order valence-corrected chi connectivity index (χ0v) is 13.5. The van der Waals surface area contributed by atoms with E-state index in [9.17, 15) is 21.6 Å². The Morgan fingerprint density at radius 1 is 1.23 bits per heavy atom. The van der Waals surface area contributed by atoms with Gasteiger partial charge in [-0.25, -0.2) is 31.1 Å². The van der Waals surface area contributed by atoms with Crippen LogP contribution in [0.15, 0.2) is 32.3 Å². The lowest BCUT2D eigenvalue weighted by Crippen LogP contribution is -2.32. The maximum atomic E-state index is 12.1. The molecule has 1 aromatic heterocycles. The normalized spacial score (nSPS) is 12.8. The van der Waals surface area contributed by atoms with Gasteiger partial charge in [-0.05, 0) is 19.2 Å². The molecule has 0 fully saturated rings. The third-order valence-corrected chi connectivity index (χ3v) is 5.87. The van der Waals surface area contributed by atoms with Crippen LogP contribution in [-0.2, 0) is 27.1 Å². The smallest absolute Gasteiger partial charge is 0.408 e. The van der Waals surface area contributed by atoms with Crippen LogP contribution in [0.3, 0.4) is 0 Å². The van der Waals surface area contributed by atoms with Crippen LogP contribution in [0, 0.1) is 0 Å². The molecular formula is C11H15N3O6S2. The molecule has 0 aliphatic carbocycles.